The van der Waals surface area contributed by atoms with Gasteiger partial charge in [-0.25, -0.2) is 15.0 Å². The summed E-state index contributed by atoms with van der Waals surface area (Å²) in [6, 6.07) is 0. The zero-order chi connectivity index (χ0) is 23.1. The molecule has 3 rings (SSSR count). The number of nitrogens with zero attached hydrogens (tertiary/aromatic N) is 4. The quantitative estimate of drug-likeness (QED) is 0.201. The topological polar surface area (TPSA) is 180 Å². The van der Waals surface area contributed by atoms with E-state index in [9.17, 15) is 23.7 Å². The zero-order valence-corrected chi connectivity index (χ0v) is 18.6. The van der Waals surface area contributed by atoms with E-state index in [0.717, 1.165) is 38.5 Å². The minimum absolute atomic E-state index is 0.172. The number of hydrogen-bond donors (Lipinski definition) is 5. The Labute approximate surface area is 186 Å². The summed E-state index contributed by atoms with van der Waals surface area (Å²) in [6.07, 6.45) is 4.83. The summed E-state index contributed by atoms with van der Waals surface area (Å²) in [5.74, 6) is 0.389. The summed E-state index contributed by atoms with van der Waals surface area (Å²) in [4.78, 5) is 12.8. The normalized spacial score (nSPS) is 23.8. The van der Waals surface area contributed by atoms with Crippen molar-refractivity contribution in [2.45, 2.75) is 69.5 Å². The Bertz CT molecular complexity index is 970. The van der Waals surface area contributed by atoms with Crippen molar-refractivity contribution in [2.24, 2.45) is 0 Å². The number of rotatable bonds is 13. The summed E-state index contributed by atoms with van der Waals surface area (Å²) in [7, 11) is -3.85. The van der Waals surface area contributed by atoms with Crippen LogP contribution in [0.1, 0.15) is 51.2 Å². The van der Waals surface area contributed by atoms with Gasteiger partial charge in [-0.15, -0.1) is 0 Å². The molecule has 2 aromatic rings. The average molecular weight is 474 g/mol. The van der Waals surface area contributed by atoms with Crippen molar-refractivity contribution < 1.29 is 33.0 Å². The van der Waals surface area contributed by atoms with Gasteiger partial charge in [0.05, 0.1) is 18.7 Å². The molecule has 1 saturated heterocycles. The van der Waals surface area contributed by atoms with E-state index in [4.69, 9.17) is 9.29 Å². The second kappa shape index (κ2) is 11.3. The number of hydrogen-bond acceptors (Lipinski definition) is 10. The SMILES string of the molecule is O=S(=O)(O)CCCCCCCCCNc1ncnc2c1ncn2C1OC(CO)C(O)C1O. The van der Waals surface area contributed by atoms with Crippen molar-refractivity contribution in [1.29, 1.82) is 0 Å². The summed E-state index contributed by atoms with van der Waals surface area (Å²) in [5, 5.41) is 32.8. The van der Waals surface area contributed by atoms with Gasteiger partial charge in [-0.05, 0) is 12.8 Å². The Morgan fingerprint density at radius 3 is 2.34 bits per heavy atom. The van der Waals surface area contributed by atoms with Gasteiger partial charge >= 0.3 is 0 Å². The van der Waals surface area contributed by atoms with Crippen LogP contribution >= 0.6 is 0 Å². The highest BCUT2D eigenvalue weighted by Crippen LogP contribution is 2.32. The van der Waals surface area contributed by atoms with Crippen LogP contribution in [0.5, 0.6) is 0 Å². The highest BCUT2D eigenvalue weighted by Gasteiger charge is 2.44. The summed E-state index contributed by atoms with van der Waals surface area (Å²) >= 11 is 0. The lowest BCUT2D eigenvalue weighted by Gasteiger charge is -2.16. The maximum absolute atomic E-state index is 10.7. The van der Waals surface area contributed by atoms with Crippen molar-refractivity contribution in [1.82, 2.24) is 19.5 Å². The number of aliphatic hydroxyl groups excluding tert-OH is 3. The molecule has 180 valence electrons. The van der Waals surface area contributed by atoms with Gasteiger partial charge in [0, 0.05) is 6.54 Å². The lowest BCUT2D eigenvalue weighted by atomic mass is 10.1. The molecule has 32 heavy (non-hydrogen) atoms. The first-order valence-corrected chi connectivity index (χ1v) is 12.4. The molecule has 0 bridgehead atoms. The standard InChI is InChI=1S/C19H31N5O7S/c25-10-13-15(26)16(27)19(31-13)24-12-23-14-17(21-11-22-18(14)24)20-8-6-4-2-1-3-5-7-9-32(28,29)30/h11-13,15-16,19,25-27H,1-10H2,(H,20,21,22)(H,28,29,30). The lowest BCUT2D eigenvalue weighted by Crippen LogP contribution is -2.33. The predicted molar refractivity (Wildman–Crippen MR) is 116 cm³/mol. The molecule has 0 amide bonds. The molecule has 13 heteroatoms. The van der Waals surface area contributed by atoms with E-state index in [1.54, 1.807) is 0 Å². The van der Waals surface area contributed by atoms with E-state index < -0.39 is 41.3 Å². The second-order valence-electron chi connectivity index (χ2n) is 7.96. The van der Waals surface area contributed by atoms with Crippen molar-refractivity contribution >= 4 is 27.1 Å². The van der Waals surface area contributed by atoms with Gasteiger partial charge in [-0.3, -0.25) is 9.12 Å². The second-order valence-corrected chi connectivity index (χ2v) is 9.53. The highest BCUT2D eigenvalue weighted by molar-refractivity contribution is 7.85. The Balaban J connectivity index is 1.44. The molecule has 5 N–H and O–H groups in total. The van der Waals surface area contributed by atoms with Gasteiger partial charge in [0.2, 0.25) is 0 Å². The van der Waals surface area contributed by atoms with Crippen LogP contribution in [0.4, 0.5) is 5.82 Å². The molecule has 0 radical (unpaired) electrons. The first-order valence-electron chi connectivity index (χ1n) is 10.8. The molecular weight excluding hydrogens is 442 g/mol. The first-order chi connectivity index (χ1) is 15.3. The largest absolute Gasteiger partial charge is 0.394 e. The van der Waals surface area contributed by atoms with Gasteiger partial charge in [0.25, 0.3) is 10.1 Å². The fraction of sp³-hybridized carbons (Fsp3) is 0.737. The van der Waals surface area contributed by atoms with E-state index in [2.05, 4.69) is 20.3 Å². The van der Waals surface area contributed by atoms with E-state index in [1.807, 2.05) is 0 Å². The third-order valence-electron chi connectivity index (χ3n) is 5.52. The highest BCUT2D eigenvalue weighted by atomic mass is 32.2. The summed E-state index contributed by atoms with van der Waals surface area (Å²) in [6.45, 7) is 0.281. The number of anilines is 1. The Hall–Kier alpha value is -1.90. The van der Waals surface area contributed by atoms with E-state index in [0.29, 0.717) is 29.9 Å². The van der Waals surface area contributed by atoms with Gasteiger partial charge in [-0.2, -0.15) is 8.42 Å². The van der Waals surface area contributed by atoms with Crippen molar-refractivity contribution in [3.05, 3.63) is 12.7 Å². The number of aliphatic hydroxyl groups is 3. The Morgan fingerprint density at radius 2 is 1.69 bits per heavy atom. The van der Waals surface area contributed by atoms with Crippen LogP contribution in [-0.2, 0) is 14.9 Å². The number of unbranched alkanes of at least 4 members (excludes halogenated alkanes) is 6. The molecular formula is C19H31N5O7S. The smallest absolute Gasteiger partial charge is 0.264 e. The van der Waals surface area contributed by atoms with Gasteiger partial charge in [0.15, 0.2) is 23.2 Å². The van der Waals surface area contributed by atoms with Crippen molar-refractivity contribution in [2.75, 3.05) is 24.2 Å². The monoisotopic (exact) mass is 473 g/mol. The first kappa shape index (κ1) is 24.7. The van der Waals surface area contributed by atoms with Crippen LogP contribution in [0, 0.1) is 0 Å². The molecule has 4 atom stereocenters. The molecule has 0 aromatic carbocycles. The minimum Gasteiger partial charge on any atom is -0.394 e. The Kier molecular flexibility index (Phi) is 8.73. The molecule has 3 heterocycles. The fourth-order valence-electron chi connectivity index (χ4n) is 3.78. The maximum Gasteiger partial charge on any atom is 0.264 e. The zero-order valence-electron chi connectivity index (χ0n) is 17.7. The van der Waals surface area contributed by atoms with E-state index in [1.165, 1.54) is 17.2 Å². The molecule has 2 aromatic heterocycles. The molecule has 1 aliphatic heterocycles. The molecule has 12 nitrogen and oxygen atoms in total. The van der Waals surface area contributed by atoms with Crippen LogP contribution in [0.3, 0.4) is 0 Å². The van der Waals surface area contributed by atoms with Gasteiger partial charge in [-0.1, -0.05) is 32.1 Å². The fourth-order valence-corrected chi connectivity index (χ4v) is 4.35. The van der Waals surface area contributed by atoms with Crippen LogP contribution in [0.25, 0.3) is 11.2 Å². The third kappa shape index (κ3) is 6.33. The molecule has 0 spiro atoms. The van der Waals surface area contributed by atoms with Gasteiger partial charge in [0.1, 0.15) is 24.6 Å². The number of fused-ring (bicyclic) bond motifs is 1. The minimum atomic E-state index is -3.85. The summed E-state index contributed by atoms with van der Waals surface area (Å²) in [5.41, 5.74) is 0.964. The van der Waals surface area contributed by atoms with Crippen LogP contribution in [0.2, 0.25) is 0 Å². The van der Waals surface area contributed by atoms with Crippen molar-refractivity contribution in [3.63, 3.8) is 0 Å². The Morgan fingerprint density at radius 1 is 1.00 bits per heavy atom. The lowest BCUT2D eigenvalue weighted by molar-refractivity contribution is -0.0511. The molecule has 4 unspecified atom stereocenters. The van der Waals surface area contributed by atoms with E-state index >= 15 is 0 Å². The number of ether oxygens (including phenoxy) is 1. The number of aromatic nitrogens is 4. The van der Waals surface area contributed by atoms with Crippen LogP contribution in [0.15, 0.2) is 12.7 Å². The average Bonchev–Trinajstić information content (AvgIpc) is 3.30. The maximum atomic E-state index is 10.7. The van der Waals surface area contributed by atoms with Crippen molar-refractivity contribution in [3.8, 4) is 0 Å². The van der Waals surface area contributed by atoms with Crippen LogP contribution < -0.4 is 5.32 Å². The molecule has 1 fully saturated rings. The van der Waals surface area contributed by atoms with E-state index in [-0.39, 0.29) is 5.75 Å². The van der Waals surface area contributed by atoms with Crippen LogP contribution in [-0.4, -0.2) is 85.0 Å². The number of imidazole rings is 1. The molecule has 0 saturated carbocycles. The third-order valence-corrected chi connectivity index (χ3v) is 6.33. The predicted octanol–water partition coefficient (Wildman–Crippen LogP) is 0.468. The van der Waals surface area contributed by atoms with Gasteiger partial charge < -0.3 is 25.4 Å². The number of nitrogens with one attached hydrogen (secondary N) is 1. The summed E-state index contributed by atoms with van der Waals surface area (Å²) < 4.78 is 37.1. The molecule has 0 aliphatic carbocycles. The molecule has 1 aliphatic rings.